The molecule has 2 saturated carbocycles. The normalized spacial score (nSPS) is 27.4. The van der Waals surface area contributed by atoms with Crippen LogP contribution in [0, 0.1) is 23.7 Å². The van der Waals surface area contributed by atoms with E-state index >= 15 is 0 Å². The first-order chi connectivity index (χ1) is 15.8. The Bertz CT molecular complexity index is 936. The lowest BCUT2D eigenvalue weighted by atomic mass is 9.86. The van der Waals surface area contributed by atoms with E-state index in [0.717, 1.165) is 19.3 Å². The van der Waals surface area contributed by atoms with Gasteiger partial charge in [-0.25, -0.2) is 0 Å². The van der Waals surface area contributed by atoms with Crippen molar-refractivity contribution < 1.29 is 9.22 Å². The van der Waals surface area contributed by atoms with Crippen molar-refractivity contribution in [2.45, 2.75) is 57.6 Å². The fourth-order valence-corrected chi connectivity index (χ4v) is 11.4. The van der Waals surface area contributed by atoms with Gasteiger partial charge >= 0.3 is 0 Å². The number of benzene rings is 2. The summed E-state index contributed by atoms with van der Waals surface area (Å²) in [6.07, 6.45) is 7.40. The number of Topliss-reactive ketones (excluding diaryl/α,β-unsaturated/α-hetero) is 1. The SMILES string of the molecule is C=CC[C@@H]1[C@H]2CC(=O)[C@@H](CC=C)[C@H]2C[C@H]1O[Si](c1ccccc1)(c1ccccc1)C(C)(C)C. The molecule has 33 heavy (non-hydrogen) atoms. The molecule has 0 amide bonds. The van der Waals surface area contributed by atoms with Crippen LogP contribution in [-0.4, -0.2) is 20.2 Å². The molecule has 0 heterocycles. The van der Waals surface area contributed by atoms with Gasteiger partial charge in [0, 0.05) is 18.4 Å². The number of hydrogen-bond donors (Lipinski definition) is 0. The smallest absolute Gasteiger partial charge is 0.261 e. The number of allylic oxidation sites excluding steroid dienone is 2. The van der Waals surface area contributed by atoms with Gasteiger partial charge in [0.05, 0.1) is 0 Å². The topological polar surface area (TPSA) is 26.3 Å². The highest BCUT2D eigenvalue weighted by atomic mass is 28.4. The van der Waals surface area contributed by atoms with E-state index in [0.29, 0.717) is 30.0 Å². The first-order valence-corrected chi connectivity index (χ1v) is 14.3. The number of rotatable bonds is 8. The van der Waals surface area contributed by atoms with Crippen molar-refractivity contribution in [3.63, 3.8) is 0 Å². The van der Waals surface area contributed by atoms with Gasteiger partial charge in [0.1, 0.15) is 5.78 Å². The second-order valence-corrected chi connectivity index (χ2v) is 15.1. The minimum Gasteiger partial charge on any atom is -0.404 e. The molecule has 2 aliphatic carbocycles. The number of fused-ring (bicyclic) bond motifs is 1. The Hall–Kier alpha value is -2.23. The molecule has 5 atom stereocenters. The van der Waals surface area contributed by atoms with Crippen LogP contribution in [0.3, 0.4) is 0 Å². The summed E-state index contributed by atoms with van der Waals surface area (Å²) in [5.41, 5.74) is 0. The molecule has 0 bridgehead atoms. The Morgan fingerprint density at radius 2 is 1.45 bits per heavy atom. The van der Waals surface area contributed by atoms with Gasteiger partial charge < -0.3 is 4.43 Å². The summed E-state index contributed by atoms with van der Waals surface area (Å²) in [6, 6.07) is 21.7. The maximum absolute atomic E-state index is 12.8. The third-order valence-corrected chi connectivity index (χ3v) is 13.1. The van der Waals surface area contributed by atoms with Crippen LogP contribution in [0.5, 0.6) is 0 Å². The summed E-state index contributed by atoms with van der Waals surface area (Å²) < 4.78 is 7.55. The lowest BCUT2D eigenvalue weighted by molar-refractivity contribution is -0.121. The van der Waals surface area contributed by atoms with Crippen molar-refractivity contribution in [3.8, 4) is 0 Å². The Kier molecular flexibility index (Phi) is 6.92. The molecule has 4 rings (SSSR count). The van der Waals surface area contributed by atoms with E-state index in [1.54, 1.807) is 0 Å². The van der Waals surface area contributed by atoms with Crippen LogP contribution in [-0.2, 0) is 9.22 Å². The first-order valence-electron chi connectivity index (χ1n) is 12.4. The predicted octanol–water partition coefficient (Wildman–Crippen LogP) is 5.93. The van der Waals surface area contributed by atoms with Crippen LogP contribution < -0.4 is 10.4 Å². The Balaban J connectivity index is 1.80. The molecule has 0 N–H and O–H groups in total. The maximum Gasteiger partial charge on any atom is 0.261 e. The van der Waals surface area contributed by atoms with Gasteiger partial charge in [-0.1, -0.05) is 93.6 Å². The molecule has 0 aliphatic heterocycles. The van der Waals surface area contributed by atoms with Gasteiger partial charge in [0.25, 0.3) is 8.32 Å². The predicted molar refractivity (Wildman–Crippen MR) is 140 cm³/mol. The third kappa shape index (κ3) is 4.22. The van der Waals surface area contributed by atoms with Crippen LogP contribution >= 0.6 is 0 Å². The number of carbonyl (C=O) groups excluding carboxylic acids is 1. The lowest BCUT2D eigenvalue weighted by Gasteiger charge is -2.46. The van der Waals surface area contributed by atoms with Crippen LogP contribution in [0.1, 0.15) is 46.5 Å². The van der Waals surface area contributed by atoms with Crippen LogP contribution in [0.25, 0.3) is 0 Å². The quantitative estimate of drug-likeness (QED) is 0.362. The molecule has 2 fully saturated rings. The van der Waals surface area contributed by atoms with E-state index in [1.165, 1.54) is 10.4 Å². The maximum atomic E-state index is 12.8. The summed E-state index contributed by atoms with van der Waals surface area (Å²) in [4.78, 5) is 12.8. The summed E-state index contributed by atoms with van der Waals surface area (Å²) >= 11 is 0. The zero-order chi connectivity index (χ0) is 23.6. The van der Waals surface area contributed by atoms with Crippen LogP contribution in [0.4, 0.5) is 0 Å². The van der Waals surface area contributed by atoms with Crippen LogP contribution in [0.15, 0.2) is 86.0 Å². The monoisotopic (exact) mass is 458 g/mol. The average Bonchev–Trinajstić information content (AvgIpc) is 3.28. The molecule has 0 saturated heterocycles. The molecular formula is C30H38O2Si. The Labute approximate surface area is 200 Å². The largest absolute Gasteiger partial charge is 0.404 e. The second-order valence-electron chi connectivity index (χ2n) is 10.9. The molecule has 0 spiro atoms. The van der Waals surface area contributed by atoms with E-state index < -0.39 is 8.32 Å². The Morgan fingerprint density at radius 1 is 0.909 bits per heavy atom. The summed E-state index contributed by atoms with van der Waals surface area (Å²) in [5.74, 6) is 1.65. The van der Waals surface area contributed by atoms with E-state index in [-0.39, 0.29) is 17.1 Å². The van der Waals surface area contributed by atoms with Crippen molar-refractivity contribution in [1.29, 1.82) is 0 Å². The van der Waals surface area contributed by atoms with Gasteiger partial charge in [-0.3, -0.25) is 4.79 Å². The van der Waals surface area contributed by atoms with Gasteiger partial charge in [-0.2, -0.15) is 0 Å². The minimum absolute atomic E-state index is 0.0531. The van der Waals surface area contributed by atoms with E-state index in [9.17, 15) is 4.79 Å². The molecule has 0 radical (unpaired) electrons. The molecule has 3 heteroatoms. The molecule has 174 valence electrons. The molecule has 0 aromatic heterocycles. The summed E-state index contributed by atoms with van der Waals surface area (Å²) in [7, 11) is -2.63. The van der Waals surface area contributed by atoms with Crippen LogP contribution in [0.2, 0.25) is 5.04 Å². The van der Waals surface area contributed by atoms with Gasteiger partial charge in [-0.05, 0) is 52.4 Å². The Morgan fingerprint density at radius 3 is 1.94 bits per heavy atom. The average molecular weight is 459 g/mol. The minimum atomic E-state index is -2.63. The van der Waals surface area contributed by atoms with E-state index in [1.807, 2.05) is 12.2 Å². The number of hydrogen-bond acceptors (Lipinski definition) is 2. The van der Waals surface area contributed by atoms with Crippen molar-refractivity contribution in [1.82, 2.24) is 0 Å². The highest BCUT2D eigenvalue weighted by Crippen LogP contribution is 2.54. The molecule has 2 aromatic carbocycles. The summed E-state index contributed by atoms with van der Waals surface area (Å²) in [6.45, 7) is 15.0. The van der Waals surface area contributed by atoms with Gasteiger partial charge in [0.2, 0.25) is 0 Å². The van der Waals surface area contributed by atoms with Crippen molar-refractivity contribution in [2.24, 2.45) is 23.7 Å². The molecule has 2 aromatic rings. The van der Waals surface area contributed by atoms with Crippen molar-refractivity contribution in [3.05, 3.63) is 86.0 Å². The molecule has 0 unspecified atom stereocenters. The zero-order valence-electron chi connectivity index (χ0n) is 20.4. The second kappa shape index (κ2) is 9.56. The molecule has 2 aliphatic rings. The highest BCUT2D eigenvalue weighted by Gasteiger charge is 2.57. The first kappa shape index (κ1) is 23.9. The van der Waals surface area contributed by atoms with E-state index in [4.69, 9.17) is 4.43 Å². The number of ketones is 1. The lowest BCUT2D eigenvalue weighted by Crippen LogP contribution is -2.68. The molecule has 2 nitrogen and oxygen atoms in total. The fourth-order valence-electron chi connectivity index (χ4n) is 6.66. The standard InChI is InChI=1S/C30H38O2Si/c1-6-14-24-27-21-29(25(15-7-2)26(27)20-28(24)31)32-33(30(3,4)5,22-16-10-8-11-17-22)23-18-12-9-13-19-23/h6-13,16-19,24-27,29H,1-2,14-15,20-21H2,3-5H3/t24-,25+,26+,27+,29+/m0/s1. The third-order valence-electron chi connectivity index (χ3n) is 8.05. The van der Waals surface area contributed by atoms with Gasteiger partial charge in [0.15, 0.2) is 0 Å². The zero-order valence-corrected chi connectivity index (χ0v) is 21.4. The fraction of sp³-hybridized carbons (Fsp3) is 0.433. The highest BCUT2D eigenvalue weighted by molar-refractivity contribution is 6.99. The number of carbonyl (C=O) groups is 1. The van der Waals surface area contributed by atoms with Crippen molar-refractivity contribution >= 4 is 24.5 Å². The van der Waals surface area contributed by atoms with Crippen molar-refractivity contribution in [2.75, 3.05) is 0 Å². The van der Waals surface area contributed by atoms with Gasteiger partial charge in [-0.15, -0.1) is 13.2 Å². The van der Waals surface area contributed by atoms with E-state index in [2.05, 4.69) is 94.6 Å². The molecular weight excluding hydrogens is 420 g/mol. The summed E-state index contributed by atoms with van der Waals surface area (Å²) in [5, 5.41) is 2.58.